The zero-order valence-corrected chi connectivity index (χ0v) is 14.9. The van der Waals surface area contributed by atoms with Crippen molar-refractivity contribution in [3.05, 3.63) is 54.1 Å². The third kappa shape index (κ3) is 5.06. The molecule has 0 aliphatic carbocycles. The van der Waals surface area contributed by atoms with Crippen LogP contribution in [0.5, 0.6) is 0 Å². The van der Waals surface area contributed by atoms with E-state index in [4.69, 9.17) is 5.14 Å². The Morgan fingerprint density at radius 1 is 0.840 bits per heavy atom. The number of nitrogens with one attached hydrogen (secondary N) is 1. The van der Waals surface area contributed by atoms with E-state index < -0.39 is 35.2 Å². The Labute approximate surface area is 144 Å². The fourth-order valence-corrected chi connectivity index (χ4v) is 3.94. The second kappa shape index (κ2) is 6.80. The average Bonchev–Trinajstić information content (AvgIpc) is 2.52. The fraction of sp³-hybridized carbons (Fsp3) is 0.0769. The molecule has 136 valence electrons. The summed E-state index contributed by atoms with van der Waals surface area (Å²) in [7, 11) is -12.9. The van der Waals surface area contributed by atoms with E-state index in [0.717, 1.165) is 24.3 Å². The number of hydrogen-bond acceptors (Lipinski definition) is 6. The Kier molecular flexibility index (Phi) is 5.30. The highest BCUT2D eigenvalue weighted by Gasteiger charge is 2.17. The SMILES string of the molecule is NS(=O)(=O)c1cccc(CNS(=O)(=O)c2ccc(S(=O)(=O)F)cc2)c1. The van der Waals surface area contributed by atoms with Gasteiger partial charge in [0.15, 0.2) is 0 Å². The molecule has 0 aliphatic heterocycles. The van der Waals surface area contributed by atoms with Crippen LogP contribution in [0.1, 0.15) is 5.56 Å². The summed E-state index contributed by atoms with van der Waals surface area (Å²) in [5.41, 5.74) is 0.345. The molecule has 2 aromatic carbocycles. The zero-order chi connectivity index (χ0) is 18.9. The fourth-order valence-electron chi connectivity index (χ4n) is 1.88. The lowest BCUT2D eigenvalue weighted by Crippen LogP contribution is -2.23. The molecule has 2 rings (SSSR count). The number of primary sulfonamides is 1. The molecule has 0 saturated carbocycles. The van der Waals surface area contributed by atoms with E-state index in [1.165, 1.54) is 24.3 Å². The highest BCUT2D eigenvalue weighted by atomic mass is 32.3. The van der Waals surface area contributed by atoms with Crippen LogP contribution in [0.25, 0.3) is 0 Å². The van der Waals surface area contributed by atoms with Gasteiger partial charge >= 0.3 is 10.2 Å². The first-order chi connectivity index (χ1) is 11.4. The molecule has 0 bridgehead atoms. The van der Waals surface area contributed by atoms with E-state index >= 15 is 0 Å². The van der Waals surface area contributed by atoms with Crippen molar-refractivity contribution in [2.75, 3.05) is 0 Å². The van der Waals surface area contributed by atoms with Gasteiger partial charge in [-0.1, -0.05) is 12.1 Å². The molecule has 0 unspecified atom stereocenters. The predicted molar refractivity (Wildman–Crippen MR) is 86.6 cm³/mol. The summed E-state index contributed by atoms with van der Waals surface area (Å²) >= 11 is 0. The maximum atomic E-state index is 12.8. The molecule has 0 aromatic heterocycles. The minimum atomic E-state index is -4.92. The van der Waals surface area contributed by atoms with Gasteiger partial charge in [0.25, 0.3) is 0 Å². The lowest BCUT2D eigenvalue weighted by molar-refractivity contribution is 0.551. The van der Waals surface area contributed by atoms with Crippen LogP contribution in [0.4, 0.5) is 3.89 Å². The van der Waals surface area contributed by atoms with Crippen LogP contribution < -0.4 is 9.86 Å². The first-order valence-corrected chi connectivity index (χ1v) is 11.0. The molecular formula is C13H13FN2O6S3. The van der Waals surface area contributed by atoms with E-state index in [2.05, 4.69) is 4.72 Å². The second-order valence-electron chi connectivity index (χ2n) is 4.93. The maximum Gasteiger partial charge on any atom is 0.332 e. The van der Waals surface area contributed by atoms with Crippen molar-refractivity contribution < 1.29 is 29.1 Å². The van der Waals surface area contributed by atoms with Gasteiger partial charge in [-0.05, 0) is 42.0 Å². The Bertz CT molecular complexity index is 1090. The van der Waals surface area contributed by atoms with Crippen molar-refractivity contribution in [3.63, 3.8) is 0 Å². The van der Waals surface area contributed by atoms with Gasteiger partial charge in [-0.2, -0.15) is 8.42 Å². The molecule has 2 aromatic rings. The van der Waals surface area contributed by atoms with Crippen LogP contribution >= 0.6 is 0 Å². The van der Waals surface area contributed by atoms with Crippen molar-refractivity contribution in [3.8, 4) is 0 Å². The van der Waals surface area contributed by atoms with Crippen LogP contribution in [-0.2, 0) is 36.8 Å². The molecular weight excluding hydrogens is 395 g/mol. The molecule has 0 aliphatic rings. The normalized spacial score (nSPS) is 12.9. The number of rotatable bonds is 6. The van der Waals surface area contributed by atoms with Gasteiger partial charge in [-0.25, -0.2) is 26.7 Å². The highest BCUT2D eigenvalue weighted by Crippen LogP contribution is 2.17. The minimum absolute atomic E-state index is 0.165. The molecule has 8 nitrogen and oxygen atoms in total. The number of nitrogens with two attached hydrogens (primary N) is 1. The summed E-state index contributed by atoms with van der Waals surface area (Å²) in [6, 6.07) is 8.92. The number of hydrogen-bond donors (Lipinski definition) is 2. The third-order valence-electron chi connectivity index (χ3n) is 3.11. The molecule has 0 amide bonds. The van der Waals surface area contributed by atoms with E-state index in [1.807, 2.05) is 0 Å². The topological polar surface area (TPSA) is 140 Å². The Hall–Kier alpha value is -1.86. The predicted octanol–water partition coefficient (Wildman–Crippen LogP) is 0.471. The quantitative estimate of drug-likeness (QED) is 0.666. The first kappa shape index (κ1) is 19.5. The van der Waals surface area contributed by atoms with Gasteiger partial charge in [0.1, 0.15) is 0 Å². The number of benzene rings is 2. The average molecular weight is 408 g/mol. The summed E-state index contributed by atoms with van der Waals surface area (Å²) in [5.74, 6) is 0. The van der Waals surface area contributed by atoms with Crippen LogP contribution in [-0.4, -0.2) is 25.3 Å². The Balaban J connectivity index is 2.20. The first-order valence-electron chi connectivity index (χ1n) is 6.56. The molecule has 0 spiro atoms. The number of halogens is 1. The van der Waals surface area contributed by atoms with Crippen molar-refractivity contribution in [2.45, 2.75) is 21.2 Å². The van der Waals surface area contributed by atoms with Gasteiger partial charge < -0.3 is 0 Å². The molecule has 12 heteroatoms. The highest BCUT2D eigenvalue weighted by molar-refractivity contribution is 7.89. The summed E-state index contributed by atoms with van der Waals surface area (Å²) in [5, 5.41) is 5.00. The van der Waals surface area contributed by atoms with Crippen molar-refractivity contribution >= 4 is 30.3 Å². The smallest absolute Gasteiger partial charge is 0.225 e. The van der Waals surface area contributed by atoms with E-state index in [0.29, 0.717) is 5.56 Å². The Morgan fingerprint density at radius 2 is 1.40 bits per heavy atom. The van der Waals surface area contributed by atoms with Gasteiger partial charge in [0, 0.05) is 6.54 Å². The molecule has 0 saturated heterocycles. The molecule has 0 fully saturated rings. The number of sulfonamides is 2. The standard InChI is InChI=1S/C13H13FN2O6S3/c14-23(17,18)11-4-6-12(7-5-11)25(21,22)16-9-10-2-1-3-13(8-10)24(15,19)20/h1-8,16H,9H2,(H2,15,19,20). The summed E-state index contributed by atoms with van der Waals surface area (Å²) < 4.78 is 83.3. The van der Waals surface area contributed by atoms with E-state index in [1.54, 1.807) is 0 Å². The van der Waals surface area contributed by atoms with Gasteiger partial charge in [0.2, 0.25) is 20.0 Å². The van der Waals surface area contributed by atoms with E-state index in [-0.39, 0.29) is 16.3 Å². The lowest BCUT2D eigenvalue weighted by Gasteiger charge is -2.08. The van der Waals surface area contributed by atoms with Crippen molar-refractivity contribution in [1.29, 1.82) is 0 Å². The molecule has 0 heterocycles. The third-order valence-corrected chi connectivity index (χ3v) is 6.27. The summed E-state index contributed by atoms with van der Waals surface area (Å²) in [6.45, 7) is -0.227. The van der Waals surface area contributed by atoms with Crippen LogP contribution in [0.2, 0.25) is 0 Å². The molecule has 0 atom stereocenters. The van der Waals surface area contributed by atoms with E-state index in [9.17, 15) is 29.1 Å². The van der Waals surface area contributed by atoms with Crippen LogP contribution in [0.3, 0.4) is 0 Å². The van der Waals surface area contributed by atoms with Crippen molar-refractivity contribution in [1.82, 2.24) is 4.72 Å². The van der Waals surface area contributed by atoms with Gasteiger partial charge in [0.05, 0.1) is 14.7 Å². The largest absolute Gasteiger partial charge is 0.332 e. The Morgan fingerprint density at radius 3 is 1.92 bits per heavy atom. The van der Waals surface area contributed by atoms with Gasteiger partial charge in [-0.15, -0.1) is 3.89 Å². The zero-order valence-electron chi connectivity index (χ0n) is 12.5. The maximum absolute atomic E-state index is 12.8. The monoisotopic (exact) mass is 408 g/mol. The minimum Gasteiger partial charge on any atom is -0.225 e. The molecule has 0 radical (unpaired) electrons. The second-order valence-corrected chi connectivity index (χ2v) is 9.60. The van der Waals surface area contributed by atoms with Crippen molar-refractivity contribution in [2.24, 2.45) is 5.14 Å². The van der Waals surface area contributed by atoms with Gasteiger partial charge in [-0.3, -0.25) is 0 Å². The van der Waals surface area contributed by atoms with Crippen LogP contribution in [0, 0.1) is 0 Å². The summed E-state index contributed by atoms with van der Waals surface area (Å²) in [4.78, 5) is -1.10. The van der Waals surface area contributed by atoms with Crippen LogP contribution in [0.15, 0.2) is 63.2 Å². The lowest BCUT2D eigenvalue weighted by atomic mass is 10.2. The molecule has 3 N–H and O–H groups in total. The molecule has 25 heavy (non-hydrogen) atoms. The summed E-state index contributed by atoms with van der Waals surface area (Å²) in [6.07, 6.45) is 0.